The third kappa shape index (κ3) is 4.74. The first kappa shape index (κ1) is 13.6. The van der Waals surface area contributed by atoms with Crippen LogP contribution < -0.4 is 10.2 Å². The number of rotatable bonds is 5. The maximum atomic E-state index is 11.4. The van der Waals surface area contributed by atoms with Crippen molar-refractivity contribution in [2.75, 3.05) is 6.61 Å². The highest BCUT2D eigenvalue weighted by Crippen LogP contribution is 2.08. The standard InChI is InChI=1S/C13H11IN2O3/c14-12-7-6-11(19-12)8-15-16-13(17)9-18-10-4-2-1-3-5-10/h1-8H,9H2,(H,16,17)/b15-8-. The molecule has 1 aromatic carbocycles. The zero-order chi connectivity index (χ0) is 13.5. The molecular weight excluding hydrogens is 359 g/mol. The van der Waals surface area contributed by atoms with Crippen LogP contribution in [0.3, 0.4) is 0 Å². The third-order valence-electron chi connectivity index (χ3n) is 2.09. The number of para-hydroxylation sites is 1. The molecule has 98 valence electrons. The van der Waals surface area contributed by atoms with Crippen molar-refractivity contribution in [2.45, 2.75) is 0 Å². The molecule has 1 aromatic heterocycles. The van der Waals surface area contributed by atoms with E-state index in [1.807, 2.05) is 46.9 Å². The number of hydrazone groups is 1. The highest BCUT2D eigenvalue weighted by atomic mass is 127. The van der Waals surface area contributed by atoms with Gasteiger partial charge in [0, 0.05) is 0 Å². The van der Waals surface area contributed by atoms with Crippen LogP contribution in [0.1, 0.15) is 5.76 Å². The molecule has 0 atom stereocenters. The van der Waals surface area contributed by atoms with Gasteiger partial charge in [-0.2, -0.15) is 5.10 Å². The Bertz CT molecular complexity index is 566. The lowest BCUT2D eigenvalue weighted by Crippen LogP contribution is -2.24. The Labute approximate surface area is 123 Å². The van der Waals surface area contributed by atoms with E-state index in [2.05, 4.69) is 10.5 Å². The summed E-state index contributed by atoms with van der Waals surface area (Å²) in [5, 5.41) is 3.77. The van der Waals surface area contributed by atoms with E-state index < -0.39 is 0 Å². The zero-order valence-electron chi connectivity index (χ0n) is 9.88. The van der Waals surface area contributed by atoms with Gasteiger partial charge in [0.1, 0.15) is 11.5 Å². The van der Waals surface area contributed by atoms with E-state index in [-0.39, 0.29) is 12.5 Å². The summed E-state index contributed by atoms with van der Waals surface area (Å²) >= 11 is 2.05. The maximum absolute atomic E-state index is 11.4. The van der Waals surface area contributed by atoms with Crippen LogP contribution >= 0.6 is 22.6 Å². The summed E-state index contributed by atoms with van der Waals surface area (Å²) in [6.45, 7) is -0.0863. The highest BCUT2D eigenvalue weighted by Gasteiger charge is 2.01. The lowest BCUT2D eigenvalue weighted by molar-refractivity contribution is -0.123. The van der Waals surface area contributed by atoms with Gasteiger partial charge in [-0.3, -0.25) is 4.79 Å². The fourth-order valence-electron chi connectivity index (χ4n) is 1.26. The molecule has 1 amide bonds. The minimum absolute atomic E-state index is 0.0863. The van der Waals surface area contributed by atoms with Crippen LogP contribution in [-0.4, -0.2) is 18.7 Å². The van der Waals surface area contributed by atoms with Crippen molar-refractivity contribution >= 4 is 34.7 Å². The molecule has 0 aliphatic heterocycles. The Balaban J connectivity index is 1.74. The van der Waals surface area contributed by atoms with Crippen LogP contribution in [0.5, 0.6) is 5.75 Å². The van der Waals surface area contributed by atoms with Gasteiger partial charge in [0.2, 0.25) is 0 Å². The van der Waals surface area contributed by atoms with Crippen LogP contribution in [0, 0.1) is 3.77 Å². The van der Waals surface area contributed by atoms with Gasteiger partial charge in [-0.15, -0.1) is 0 Å². The molecule has 0 aliphatic carbocycles. The molecule has 2 aromatic rings. The van der Waals surface area contributed by atoms with E-state index >= 15 is 0 Å². The number of nitrogens with zero attached hydrogens (tertiary/aromatic N) is 1. The molecule has 0 radical (unpaired) electrons. The Morgan fingerprint density at radius 2 is 2.11 bits per heavy atom. The van der Waals surface area contributed by atoms with Crippen molar-refractivity contribution in [3.63, 3.8) is 0 Å². The molecule has 0 unspecified atom stereocenters. The van der Waals surface area contributed by atoms with Crippen LogP contribution in [-0.2, 0) is 4.79 Å². The second-order valence-electron chi connectivity index (χ2n) is 3.54. The number of hydrogen-bond acceptors (Lipinski definition) is 4. The molecule has 0 saturated carbocycles. The third-order valence-corrected chi connectivity index (χ3v) is 2.67. The molecule has 1 N–H and O–H groups in total. The number of ether oxygens (including phenoxy) is 1. The normalized spacial score (nSPS) is 10.6. The molecule has 5 nitrogen and oxygen atoms in total. The Hall–Kier alpha value is -1.83. The lowest BCUT2D eigenvalue weighted by atomic mass is 10.3. The van der Waals surface area contributed by atoms with Crippen LogP contribution in [0.2, 0.25) is 0 Å². The fourth-order valence-corrected chi connectivity index (χ4v) is 1.70. The van der Waals surface area contributed by atoms with Crippen molar-refractivity contribution in [2.24, 2.45) is 5.10 Å². The van der Waals surface area contributed by atoms with E-state index in [9.17, 15) is 4.79 Å². The smallest absolute Gasteiger partial charge is 0.277 e. The minimum Gasteiger partial charge on any atom is -0.484 e. The van der Waals surface area contributed by atoms with Gasteiger partial charge in [-0.05, 0) is 46.9 Å². The summed E-state index contributed by atoms with van der Waals surface area (Å²) < 4.78 is 11.3. The largest absolute Gasteiger partial charge is 0.484 e. The Morgan fingerprint density at radius 3 is 2.79 bits per heavy atom. The first-order chi connectivity index (χ1) is 9.24. The molecular formula is C13H11IN2O3. The van der Waals surface area contributed by atoms with Crippen molar-refractivity contribution in [3.8, 4) is 5.75 Å². The van der Waals surface area contributed by atoms with E-state index in [1.165, 1.54) is 6.21 Å². The number of amides is 1. The summed E-state index contributed by atoms with van der Waals surface area (Å²) in [6.07, 6.45) is 1.43. The molecule has 19 heavy (non-hydrogen) atoms. The monoisotopic (exact) mass is 370 g/mol. The molecule has 0 spiro atoms. The lowest BCUT2D eigenvalue weighted by Gasteiger charge is -2.03. The molecule has 0 aliphatic rings. The van der Waals surface area contributed by atoms with Gasteiger partial charge >= 0.3 is 0 Å². The summed E-state index contributed by atoms with van der Waals surface area (Å²) in [5.74, 6) is 0.886. The van der Waals surface area contributed by atoms with Crippen LogP contribution in [0.4, 0.5) is 0 Å². The first-order valence-corrected chi connectivity index (χ1v) is 6.57. The van der Waals surface area contributed by atoms with E-state index in [1.54, 1.807) is 18.2 Å². The number of nitrogens with one attached hydrogen (secondary N) is 1. The number of furan rings is 1. The van der Waals surface area contributed by atoms with E-state index in [0.29, 0.717) is 11.5 Å². The van der Waals surface area contributed by atoms with Gasteiger partial charge < -0.3 is 9.15 Å². The second-order valence-corrected chi connectivity index (χ2v) is 4.60. The zero-order valence-corrected chi connectivity index (χ0v) is 12.0. The Kier molecular flexibility index (Phi) is 4.96. The van der Waals surface area contributed by atoms with Crippen molar-refractivity contribution in [3.05, 3.63) is 52.0 Å². The number of carbonyl (C=O) groups excluding carboxylic acids is 1. The summed E-state index contributed by atoms with van der Waals surface area (Å²) in [4.78, 5) is 11.4. The average Bonchev–Trinajstić information content (AvgIpc) is 2.83. The first-order valence-electron chi connectivity index (χ1n) is 5.49. The summed E-state index contributed by atoms with van der Waals surface area (Å²) in [6, 6.07) is 12.7. The quantitative estimate of drug-likeness (QED) is 0.500. The molecule has 0 fully saturated rings. The molecule has 1 heterocycles. The Morgan fingerprint density at radius 1 is 1.32 bits per heavy atom. The highest BCUT2D eigenvalue weighted by molar-refractivity contribution is 14.1. The van der Waals surface area contributed by atoms with Crippen LogP contribution in [0.25, 0.3) is 0 Å². The molecule has 0 saturated heterocycles. The average molecular weight is 370 g/mol. The molecule has 2 rings (SSSR count). The van der Waals surface area contributed by atoms with Gasteiger partial charge in [-0.1, -0.05) is 18.2 Å². The van der Waals surface area contributed by atoms with Gasteiger partial charge in [-0.25, -0.2) is 5.43 Å². The number of carbonyl (C=O) groups is 1. The predicted octanol–water partition coefficient (Wildman–Crippen LogP) is 2.41. The summed E-state index contributed by atoms with van der Waals surface area (Å²) in [5.41, 5.74) is 2.35. The second kappa shape index (κ2) is 6.93. The van der Waals surface area contributed by atoms with Gasteiger partial charge in [0.25, 0.3) is 5.91 Å². The topological polar surface area (TPSA) is 63.8 Å². The van der Waals surface area contributed by atoms with Crippen molar-refractivity contribution in [1.29, 1.82) is 0 Å². The number of hydrogen-bond donors (Lipinski definition) is 1. The summed E-state index contributed by atoms with van der Waals surface area (Å²) in [7, 11) is 0. The molecule has 6 heteroatoms. The van der Waals surface area contributed by atoms with Gasteiger partial charge in [0.05, 0.1) is 6.21 Å². The SMILES string of the molecule is O=C(COc1ccccc1)N/N=C\c1ccc(I)o1. The van der Waals surface area contributed by atoms with E-state index in [4.69, 9.17) is 9.15 Å². The van der Waals surface area contributed by atoms with E-state index in [0.717, 1.165) is 3.77 Å². The fraction of sp³-hybridized carbons (Fsp3) is 0.0769. The number of benzene rings is 1. The maximum Gasteiger partial charge on any atom is 0.277 e. The number of halogens is 1. The van der Waals surface area contributed by atoms with Gasteiger partial charge in [0.15, 0.2) is 10.4 Å². The molecule has 0 bridgehead atoms. The predicted molar refractivity (Wildman–Crippen MR) is 79.1 cm³/mol. The van der Waals surface area contributed by atoms with Crippen molar-refractivity contribution in [1.82, 2.24) is 5.43 Å². The van der Waals surface area contributed by atoms with Crippen LogP contribution in [0.15, 0.2) is 52.0 Å². The minimum atomic E-state index is -0.332. The van der Waals surface area contributed by atoms with Crippen molar-refractivity contribution < 1.29 is 13.9 Å².